The molecule has 0 aliphatic heterocycles. The zero-order valence-corrected chi connectivity index (χ0v) is 21.7. The van der Waals surface area contributed by atoms with Gasteiger partial charge in [-0.25, -0.2) is 0 Å². The molecule has 0 saturated carbocycles. The lowest BCUT2D eigenvalue weighted by atomic mass is 10.0. The Labute approximate surface area is 222 Å². The highest BCUT2D eigenvalue weighted by Crippen LogP contribution is 2.41. The molecular formula is C25H19Cl2N3O6S. The highest BCUT2D eigenvalue weighted by atomic mass is 35.5. The van der Waals surface area contributed by atoms with Crippen LogP contribution in [-0.2, 0) is 10.1 Å². The van der Waals surface area contributed by atoms with E-state index in [4.69, 9.17) is 27.9 Å². The fourth-order valence-corrected chi connectivity index (χ4v) is 5.00. The zero-order chi connectivity index (χ0) is 26.9. The van der Waals surface area contributed by atoms with E-state index in [1.54, 1.807) is 43.3 Å². The number of hydrogen-bond donors (Lipinski definition) is 3. The number of benzene rings is 4. The Morgan fingerprint density at radius 1 is 1.03 bits per heavy atom. The Balaban J connectivity index is 1.84. The lowest BCUT2D eigenvalue weighted by molar-refractivity contribution is 0.102. The number of halogens is 2. The maximum atomic E-state index is 13.2. The first-order chi connectivity index (χ1) is 17.5. The molecule has 190 valence electrons. The molecule has 0 fully saturated rings. The number of nitrogens with one attached hydrogen (secondary N) is 1. The Bertz CT molecular complexity index is 1690. The first kappa shape index (κ1) is 26.4. The minimum absolute atomic E-state index is 0.0932. The number of carbonyl (C=O) groups is 1. The van der Waals surface area contributed by atoms with Crippen LogP contribution in [0.5, 0.6) is 11.5 Å². The topological polar surface area (TPSA) is 138 Å². The summed E-state index contributed by atoms with van der Waals surface area (Å²) in [7, 11) is -3.32. The van der Waals surface area contributed by atoms with Gasteiger partial charge in [-0.2, -0.15) is 8.42 Å². The molecule has 12 heteroatoms. The molecular weight excluding hydrogens is 541 g/mol. The molecule has 4 rings (SSSR count). The fraction of sp³-hybridized carbons (Fsp3) is 0.0800. The summed E-state index contributed by atoms with van der Waals surface area (Å²) < 4.78 is 38.8. The van der Waals surface area contributed by atoms with Gasteiger partial charge in [0.1, 0.15) is 22.0 Å². The molecule has 0 bridgehead atoms. The molecule has 0 heterocycles. The number of amides is 1. The minimum atomic E-state index is -4.74. The van der Waals surface area contributed by atoms with Crippen molar-refractivity contribution >= 4 is 67.1 Å². The normalized spacial score (nSPS) is 11.7. The van der Waals surface area contributed by atoms with Gasteiger partial charge >= 0.3 is 0 Å². The number of fused-ring (bicyclic) bond motifs is 1. The van der Waals surface area contributed by atoms with Crippen LogP contribution in [0, 0.1) is 6.92 Å². The van der Waals surface area contributed by atoms with E-state index in [1.165, 1.54) is 31.4 Å². The summed E-state index contributed by atoms with van der Waals surface area (Å²) in [5, 5.41) is 22.9. The van der Waals surface area contributed by atoms with Gasteiger partial charge in [0.15, 0.2) is 5.75 Å². The number of nitrogens with zero attached hydrogens (tertiary/aromatic N) is 2. The van der Waals surface area contributed by atoms with E-state index in [0.29, 0.717) is 32.8 Å². The van der Waals surface area contributed by atoms with Gasteiger partial charge < -0.3 is 15.2 Å². The first-order valence-corrected chi connectivity index (χ1v) is 12.8. The first-order valence-electron chi connectivity index (χ1n) is 10.6. The van der Waals surface area contributed by atoms with Crippen molar-refractivity contribution < 1.29 is 27.6 Å². The van der Waals surface area contributed by atoms with Crippen molar-refractivity contribution in [2.45, 2.75) is 11.8 Å². The van der Waals surface area contributed by atoms with Gasteiger partial charge in [0.25, 0.3) is 16.0 Å². The number of phenols is 1. The minimum Gasteiger partial charge on any atom is -0.505 e. The Kier molecular flexibility index (Phi) is 7.37. The van der Waals surface area contributed by atoms with Gasteiger partial charge in [-0.15, -0.1) is 10.2 Å². The standard InChI is InChI=1S/C25H19Cl2N3O6S/c1-13-7-9-19(24(21(13)27)37(33,34)35)29-30-22-16-6-4-3-5-14(16)11-17(23(22)31)25(32)28-18-10-8-15(26)12-20(18)36-2/h3-12,31H,1-2H3,(H,28,32)(H,33,34,35). The summed E-state index contributed by atoms with van der Waals surface area (Å²) in [6, 6.07) is 15.7. The van der Waals surface area contributed by atoms with Gasteiger partial charge in [0, 0.05) is 16.5 Å². The van der Waals surface area contributed by atoms with Gasteiger partial charge in [0.05, 0.1) is 23.4 Å². The third kappa shape index (κ3) is 5.37. The number of rotatable bonds is 6. The Morgan fingerprint density at radius 3 is 2.46 bits per heavy atom. The van der Waals surface area contributed by atoms with Crippen molar-refractivity contribution in [3.8, 4) is 11.5 Å². The molecule has 0 unspecified atom stereocenters. The molecule has 0 saturated heterocycles. The van der Waals surface area contributed by atoms with Crippen LogP contribution in [0.15, 0.2) is 75.8 Å². The molecule has 0 atom stereocenters. The van der Waals surface area contributed by atoms with Crippen LogP contribution in [0.1, 0.15) is 15.9 Å². The van der Waals surface area contributed by atoms with Gasteiger partial charge in [0.2, 0.25) is 0 Å². The number of azo groups is 1. The van der Waals surface area contributed by atoms with Crippen LogP contribution in [0.3, 0.4) is 0 Å². The summed E-state index contributed by atoms with van der Waals surface area (Å²) >= 11 is 12.1. The smallest absolute Gasteiger partial charge is 0.298 e. The van der Waals surface area contributed by atoms with E-state index < -0.39 is 26.7 Å². The second-order valence-corrected chi connectivity index (χ2v) is 10.0. The number of anilines is 1. The molecule has 0 spiro atoms. The summed E-state index contributed by atoms with van der Waals surface area (Å²) in [4.78, 5) is 12.5. The Hall–Kier alpha value is -3.70. The largest absolute Gasteiger partial charge is 0.505 e. The number of ether oxygens (including phenoxy) is 1. The second-order valence-electron chi connectivity index (χ2n) is 7.86. The van der Waals surface area contributed by atoms with Crippen LogP contribution in [0.25, 0.3) is 10.8 Å². The maximum Gasteiger partial charge on any atom is 0.298 e. The lowest BCUT2D eigenvalue weighted by Gasteiger charge is -2.13. The third-order valence-electron chi connectivity index (χ3n) is 5.44. The summed E-state index contributed by atoms with van der Waals surface area (Å²) in [6.07, 6.45) is 0. The van der Waals surface area contributed by atoms with E-state index >= 15 is 0 Å². The molecule has 4 aromatic carbocycles. The van der Waals surface area contributed by atoms with E-state index in [-0.39, 0.29) is 22.0 Å². The quantitative estimate of drug-likeness (QED) is 0.170. The number of aryl methyl sites for hydroxylation is 1. The molecule has 0 aromatic heterocycles. The second kappa shape index (κ2) is 10.3. The molecule has 0 aliphatic carbocycles. The van der Waals surface area contributed by atoms with Crippen LogP contribution >= 0.6 is 23.2 Å². The number of carbonyl (C=O) groups excluding carboxylic acids is 1. The monoisotopic (exact) mass is 559 g/mol. The van der Waals surface area contributed by atoms with Crippen LogP contribution in [0.2, 0.25) is 10.0 Å². The van der Waals surface area contributed by atoms with Gasteiger partial charge in [-0.05, 0) is 42.1 Å². The highest BCUT2D eigenvalue weighted by Gasteiger charge is 2.23. The zero-order valence-electron chi connectivity index (χ0n) is 19.4. The molecule has 9 nitrogen and oxygen atoms in total. The Morgan fingerprint density at radius 2 is 1.76 bits per heavy atom. The number of phenolic OH excluding ortho intramolecular Hbond substituents is 1. The number of aromatic hydroxyl groups is 1. The summed E-state index contributed by atoms with van der Waals surface area (Å²) in [5.41, 5.74) is 0.255. The van der Waals surface area contributed by atoms with E-state index in [0.717, 1.165) is 0 Å². The van der Waals surface area contributed by atoms with Crippen LogP contribution in [0.4, 0.5) is 17.1 Å². The van der Waals surface area contributed by atoms with Gasteiger partial charge in [-0.3, -0.25) is 9.35 Å². The van der Waals surface area contributed by atoms with Crippen molar-refractivity contribution in [2.75, 3.05) is 12.4 Å². The maximum absolute atomic E-state index is 13.2. The van der Waals surface area contributed by atoms with Crippen LogP contribution in [-0.4, -0.2) is 31.1 Å². The van der Waals surface area contributed by atoms with Crippen molar-refractivity contribution in [3.63, 3.8) is 0 Å². The van der Waals surface area contributed by atoms with E-state index in [9.17, 15) is 22.9 Å². The van der Waals surface area contributed by atoms with E-state index in [1.807, 2.05) is 0 Å². The third-order valence-corrected chi connectivity index (χ3v) is 7.20. The van der Waals surface area contributed by atoms with Crippen molar-refractivity contribution in [1.82, 2.24) is 0 Å². The highest BCUT2D eigenvalue weighted by molar-refractivity contribution is 7.86. The predicted octanol–water partition coefficient (Wildman–Crippen LogP) is 7.08. The number of hydrogen-bond acceptors (Lipinski definition) is 7. The van der Waals surface area contributed by atoms with Crippen molar-refractivity contribution in [2.24, 2.45) is 10.2 Å². The summed E-state index contributed by atoms with van der Waals surface area (Å²) in [5.74, 6) is -0.855. The molecule has 1 amide bonds. The van der Waals surface area contributed by atoms with Crippen molar-refractivity contribution in [3.05, 3.63) is 81.8 Å². The SMILES string of the molecule is COc1cc(Cl)ccc1NC(=O)c1cc2ccccc2c(N=Nc2ccc(C)c(Cl)c2S(=O)(=O)O)c1O. The van der Waals surface area contributed by atoms with Gasteiger partial charge in [-0.1, -0.05) is 53.5 Å². The van der Waals surface area contributed by atoms with Crippen LogP contribution < -0.4 is 10.1 Å². The summed E-state index contributed by atoms with van der Waals surface area (Å²) in [6.45, 7) is 1.56. The predicted molar refractivity (Wildman–Crippen MR) is 142 cm³/mol. The molecule has 37 heavy (non-hydrogen) atoms. The fourth-order valence-electron chi connectivity index (χ4n) is 3.62. The van der Waals surface area contributed by atoms with E-state index in [2.05, 4.69) is 15.5 Å². The molecule has 0 aliphatic rings. The average molecular weight is 560 g/mol. The molecule has 3 N–H and O–H groups in total. The average Bonchev–Trinajstić information content (AvgIpc) is 2.85. The molecule has 4 aromatic rings. The molecule has 0 radical (unpaired) electrons. The lowest BCUT2D eigenvalue weighted by Crippen LogP contribution is -2.13. The number of methoxy groups -OCH3 is 1. The van der Waals surface area contributed by atoms with Crippen molar-refractivity contribution in [1.29, 1.82) is 0 Å².